The summed E-state index contributed by atoms with van der Waals surface area (Å²) in [4.78, 5) is 2.49. The molecule has 0 heterocycles. The molecule has 0 aliphatic carbocycles. The van der Waals surface area contributed by atoms with E-state index in [4.69, 9.17) is 9.47 Å². The van der Waals surface area contributed by atoms with Gasteiger partial charge in [0.25, 0.3) is 0 Å². The highest BCUT2D eigenvalue weighted by Crippen LogP contribution is 2.13. The average molecular weight is 718 g/mol. The molecule has 0 aliphatic heterocycles. The van der Waals surface area contributed by atoms with Gasteiger partial charge in [0, 0.05) is 19.8 Å². The van der Waals surface area contributed by atoms with Gasteiger partial charge >= 0.3 is 0 Å². The van der Waals surface area contributed by atoms with E-state index >= 15 is 0 Å². The number of likely N-dealkylation sites (N-methyl/N-ethyl adjacent to an activating group) is 1. The summed E-state index contributed by atoms with van der Waals surface area (Å²) in [6.07, 6.45) is 55.9. The maximum absolute atomic E-state index is 6.44. The van der Waals surface area contributed by atoms with Crippen molar-refractivity contribution in [3.8, 4) is 0 Å². The van der Waals surface area contributed by atoms with Gasteiger partial charge in [0.15, 0.2) is 0 Å². The predicted molar refractivity (Wildman–Crippen MR) is 230 cm³/mol. The maximum atomic E-state index is 6.44. The van der Waals surface area contributed by atoms with E-state index in [1.165, 1.54) is 225 Å². The molecule has 0 amide bonds. The van der Waals surface area contributed by atoms with E-state index in [-0.39, 0.29) is 6.10 Å². The van der Waals surface area contributed by atoms with Gasteiger partial charge in [0.05, 0.1) is 12.7 Å². The second-order valence-corrected chi connectivity index (χ2v) is 16.0. The summed E-state index contributed by atoms with van der Waals surface area (Å²) in [5.74, 6) is 0. The fourth-order valence-corrected chi connectivity index (χ4v) is 7.02. The number of hydrogen-bond acceptors (Lipinski definition) is 3. The lowest BCUT2D eigenvalue weighted by molar-refractivity contribution is -0.0314. The first-order valence-corrected chi connectivity index (χ1v) is 23.4. The lowest BCUT2D eigenvalue weighted by atomic mass is 10.1. The Morgan fingerprint density at radius 3 is 1.14 bits per heavy atom. The van der Waals surface area contributed by atoms with E-state index in [2.05, 4.69) is 57.0 Å². The molecule has 0 N–H and O–H groups in total. The first-order chi connectivity index (χ1) is 25.2. The Hall–Kier alpha value is -0.640. The van der Waals surface area contributed by atoms with Crippen LogP contribution in [0.15, 0.2) is 24.3 Å². The summed E-state index contributed by atoms with van der Waals surface area (Å²) >= 11 is 0. The second-order valence-electron chi connectivity index (χ2n) is 16.0. The fraction of sp³-hybridized carbons (Fsp3) is 0.917. The molecular weight excluding hydrogens is 623 g/mol. The molecule has 3 nitrogen and oxygen atoms in total. The number of allylic oxidation sites excluding steroid dienone is 4. The fourth-order valence-electron chi connectivity index (χ4n) is 7.02. The van der Waals surface area contributed by atoms with Gasteiger partial charge in [-0.3, -0.25) is 0 Å². The Morgan fingerprint density at radius 1 is 0.392 bits per heavy atom. The first kappa shape index (κ1) is 50.4. The zero-order valence-corrected chi connectivity index (χ0v) is 35.7. The van der Waals surface area contributed by atoms with Crippen LogP contribution in [-0.2, 0) is 9.47 Å². The van der Waals surface area contributed by atoms with Gasteiger partial charge in [-0.05, 0) is 84.2 Å². The van der Waals surface area contributed by atoms with Gasteiger partial charge in [-0.2, -0.15) is 0 Å². The lowest BCUT2D eigenvalue weighted by Crippen LogP contribution is -2.35. The van der Waals surface area contributed by atoms with Crippen molar-refractivity contribution >= 4 is 0 Å². The molecule has 1 atom stereocenters. The van der Waals surface area contributed by atoms with Gasteiger partial charge < -0.3 is 14.4 Å². The number of rotatable bonds is 44. The summed E-state index contributed by atoms with van der Waals surface area (Å²) in [7, 11) is 2.28. The van der Waals surface area contributed by atoms with Crippen LogP contribution in [-0.4, -0.2) is 51.0 Å². The molecule has 1 unspecified atom stereocenters. The molecule has 0 spiro atoms. The minimum atomic E-state index is 0.201. The molecule has 0 aromatic carbocycles. The molecule has 0 saturated heterocycles. The third-order valence-electron chi connectivity index (χ3n) is 10.5. The van der Waals surface area contributed by atoms with Crippen molar-refractivity contribution < 1.29 is 9.47 Å². The van der Waals surface area contributed by atoms with Crippen molar-refractivity contribution in [3.05, 3.63) is 24.3 Å². The van der Waals surface area contributed by atoms with Crippen LogP contribution in [0.4, 0.5) is 0 Å². The van der Waals surface area contributed by atoms with Crippen molar-refractivity contribution in [2.24, 2.45) is 0 Å². The van der Waals surface area contributed by atoms with Crippen molar-refractivity contribution in [1.82, 2.24) is 4.90 Å². The maximum Gasteiger partial charge on any atom is 0.0934 e. The van der Waals surface area contributed by atoms with Crippen LogP contribution in [0.2, 0.25) is 0 Å². The van der Waals surface area contributed by atoms with Crippen molar-refractivity contribution in [2.45, 2.75) is 245 Å². The molecule has 51 heavy (non-hydrogen) atoms. The zero-order chi connectivity index (χ0) is 37.0. The smallest absolute Gasteiger partial charge is 0.0934 e. The average Bonchev–Trinajstić information content (AvgIpc) is 3.13. The van der Waals surface area contributed by atoms with Crippen molar-refractivity contribution in [1.29, 1.82) is 0 Å². The van der Waals surface area contributed by atoms with Gasteiger partial charge in [0.2, 0.25) is 0 Å². The van der Waals surface area contributed by atoms with Gasteiger partial charge in [-0.25, -0.2) is 0 Å². The minimum absolute atomic E-state index is 0.201. The van der Waals surface area contributed by atoms with Crippen LogP contribution in [0.1, 0.15) is 239 Å². The van der Waals surface area contributed by atoms with Gasteiger partial charge in [-0.1, -0.05) is 193 Å². The standard InChI is InChI=1S/C48H95NO2/c1-5-8-11-14-17-19-21-23-25-27-29-31-33-35-38-41-44-50-47-48(46-49(4)43-40-37-16-13-10-7-3)51-45-42-39-36-34-32-30-28-26-24-22-20-18-15-12-9-6-2/h23-26,48H,5-22,27-47H2,1-4H3/b25-23-,26-24-. The summed E-state index contributed by atoms with van der Waals surface area (Å²) in [5.41, 5.74) is 0. The van der Waals surface area contributed by atoms with E-state index in [0.717, 1.165) is 26.4 Å². The summed E-state index contributed by atoms with van der Waals surface area (Å²) in [6, 6.07) is 0. The monoisotopic (exact) mass is 718 g/mol. The molecule has 0 aromatic rings. The SMILES string of the molecule is CCCCCCCC/C=C\CCCCCCCCOCC(CN(C)CCCCCCCC)OCCCCCCCC/C=C\CCCCCCCC. The third kappa shape index (κ3) is 43.7. The molecule has 0 radical (unpaired) electrons. The lowest BCUT2D eigenvalue weighted by Gasteiger charge is -2.24. The van der Waals surface area contributed by atoms with E-state index in [0.29, 0.717) is 0 Å². The first-order valence-electron chi connectivity index (χ1n) is 23.4. The predicted octanol–water partition coefficient (Wildman–Crippen LogP) is 15.8. The van der Waals surface area contributed by atoms with Crippen LogP contribution in [0.3, 0.4) is 0 Å². The van der Waals surface area contributed by atoms with Crippen LogP contribution in [0.5, 0.6) is 0 Å². The molecule has 0 fully saturated rings. The molecule has 0 bridgehead atoms. The molecule has 3 heteroatoms. The largest absolute Gasteiger partial charge is 0.379 e. The number of hydrogen-bond donors (Lipinski definition) is 0. The Labute approximate surface area is 322 Å². The normalized spacial score (nSPS) is 12.7. The Balaban J connectivity index is 3.98. The summed E-state index contributed by atoms with van der Waals surface area (Å²) in [5, 5.41) is 0. The molecule has 0 rings (SSSR count). The second kappa shape index (κ2) is 45.5. The molecule has 304 valence electrons. The highest BCUT2D eigenvalue weighted by Gasteiger charge is 2.13. The highest BCUT2D eigenvalue weighted by atomic mass is 16.5. The number of nitrogens with zero attached hydrogens (tertiary/aromatic N) is 1. The van der Waals surface area contributed by atoms with Crippen molar-refractivity contribution in [2.75, 3.05) is 40.0 Å². The quantitative estimate of drug-likeness (QED) is 0.0463. The van der Waals surface area contributed by atoms with E-state index in [9.17, 15) is 0 Å². The van der Waals surface area contributed by atoms with Crippen LogP contribution in [0, 0.1) is 0 Å². The topological polar surface area (TPSA) is 21.7 Å². The third-order valence-corrected chi connectivity index (χ3v) is 10.5. The Kier molecular flexibility index (Phi) is 44.9. The van der Waals surface area contributed by atoms with Gasteiger partial charge in [-0.15, -0.1) is 0 Å². The van der Waals surface area contributed by atoms with Crippen molar-refractivity contribution in [3.63, 3.8) is 0 Å². The Morgan fingerprint density at radius 2 is 0.725 bits per heavy atom. The minimum Gasteiger partial charge on any atom is -0.379 e. The molecular formula is C48H95NO2. The van der Waals surface area contributed by atoms with Gasteiger partial charge in [0.1, 0.15) is 0 Å². The molecule has 0 saturated carbocycles. The van der Waals surface area contributed by atoms with Crippen LogP contribution < -0.4 is 0 Å². The molecule has 0 aliphatic rings. The number of unbranched alkanes of at least 4 members (excludes halogenated alkanes) is 29. The van der Waals surface area contributed by atoms with E-state index in [1.807, 2.05) is 0 Å². The zero-order valence-electron chi connectivity index (χ0n) is 35.7. The summed E-state index contributed by atoms with van der Waals surface area (Å²) in [6.45, 7) is 11.6. The number of ether oxygens (including phenoxy) is 2. The Bertz CT molecular complexity index is 676. The van der Waals surface area contributed by atoms with Crippen LogP contribution in [0.25, 0.3) is 0 Å². The van der Waals surface area contributed by atoms with E-state index < -0.39 is 0 Å². The van der Waals surface area contributed by atoms with E-state index in [1.54, 1.807) is 0 Å². The highest BCUT2D eigenvalue weighted by molar-refractivity contribution is 4.82. The summed E-state index contributed by atoms with van der Waals surface area (Å²) < 4.78 is 12.6. The molecule has 0 aromatic heterocycles. The van der Waals surface area contributed by atoms with Crippen LogP contribution >= 0.6 is 0 Å².